The first-order chi connectivity index (χ1) is 5.73. The Morgan fingerprint density at radius 1 is 0.917 bits per heavy atom. The van der Waals surface area contributed by atoms with E-state index >= 15 is 0 Å². The summed E-state index contributed by atoms with van der Waals surface area (Å²) in [4.78, 5) is 8.31. The van der Waals surface area contributed by atoms with Crippen LogP contribution in [0.3, 0.4) is 0 Å². The highest BCUT2D eigenvalue weighted by molar-refractivity contribution is 4.99. The van der Waals surface area contributed by atoms with Gasteiger partial charge < -0.3 is 0 Å². The highest BCUT2D eigenvalue weighted by Crippen LogP contribution is 1.79. The van der Waals surface area contributed by atoms with Crippen LogP contribution in [0.1, 0.15) is 13.8 Å². The van der Waals surface area contributed by atoms with E-state index in [0.29, 0.717) is 0 Å². The quantitative estimate of drug-likeness (QED) is 0.442. The fourth-order valence-electron chi connectivity index (χ4n) is 0.385. The summed E-state index contributed by atoms with van der Waals surface area (Å²) in [6, 6.07) is 12.0. The van der Waals surface area contributed by atoms with Crippen molar-refractivity contribution in [3.05, 3.63) is 46.5 Å². The van der Waals surface area contributed by atoms with Crippen molar-refractivity contribution >= 4 is 0 Å². The molecule has 1 aromatic carbocycles. The Balaban J connectivity index is 0. The summed E-state index contributed by atoms with van der Waals surface area (Å²) in [5.41, 5.74) is 0. The van der Waals surface area contributed by atoms with Crippen LogP contribution >= 0.6 is 0 Å². The van der Waals surface area contributed by atoms with Gasteiger partial charge in [0.05, 0.1) is 0 Å². The smallest absolute Gasteiger partial charge is 0.194 e. The number of hydrogen-bond donors (Lipinski definition) is 0. The topological polar surface area (TPSA) is 43.1 Å². The summed E-state index contributed by atoms with van der Waals surface area (Å²) < 4.78 is 0. The minimum atomic E-state index is -0.500. The molecular weight excluding hydrogens is 154 g/mol. The molecule has 0 aliphatic carbocycles. The zero-order chi connectivity index (χ0) is 9.82. The van der Waals surface area contributed by atoms with E-state index in [-0.39, 0.29) is 0 Å². The first-order valence-electron chi connectivity index (χ1n) is 3.81. The van der Waals surface area contributed by atoms with Gasteiger partial charge in [0.25, 0.3) is 0 Å². The highest BCUT2D eigenvalue weighted by atomic mass is 16.6. The largest absolute Gasteiger partial charge is 0.265 e. The van der Waals surface area contributed by atoms with Gasteiger partial charge in [-0.25, -0.2) is 0 Å². The maximum atomic E-state index is 8.81. The number of nitrogens with zero attached hydrogens (tertiary/aromatic N) is 1. The second-order valence-corrected chi connectivity index (χ2v) is 1.59. The highest BCUT2D eigenvalue weighted by Gasteiger charge is 1.58. The third kappa shape index (κ3) is 23.4. The van der Waals surface area contributed by atoms with Crippen molar-refractivity contribution in [1.82, 2.24) is 0 Å². The molecule has 12 heavy (non-hydrogen) atoms. The van der Waals surface area contributed by atoms with E-state index in [1.54, 1.807) is 0 Å². The van der Waals surface area contributed by atoms with Crippen LogP contribution < -0.4 is 0 Å². The van der Waals surface area contributed by atoms with E-state index in [1.807, 2.05) is 50.2 Å². The molecule has 0 heterocycles. The van der Waals surface area contributed by atoms with Crippen molar-refractivity contribution in [3.8, 4) is 0 Å². The lowest BCUT2D eigenvalue weighted by molar-refractivity contribution is -0.445. The predicted molar refractivity (Wildman–Crippen MR) is 50.7 cm³/mol. The maximum Gasteiger partial charge on any atom is 0.194 e. The van der Waals surface area contributed by atoms with Gasteiger partial charge in [-0.3, -0.25) is 10.1 Å². The number of hydrogen-bond acceptors (Lipinski definition) is 2. The lowest BCUT2D eigenvalue weighted by atomic mass is 10.4. The van der Waals surface area contributed by atoms with Gasteiger partial charge in [-0.05, 0) is 0 Å². The molecule has 0 aromatic heterocycles. The SMILES string of the molecule is CC.C[N+](=O)[O-].c1ccccc1. The van der Waals surface area contributed by atoms with Crippen molar-refractivity contribution in [2.45, 2.75) is 13.8 Å². The third-order valence-electron chi connectivity index (χ3n) is 0.667. The van der Waals surface area contributed by atoms with Crippen LogP contribution in [-0.2, 0) is 0 Å². The number of rotatable bonds is 0. The second kappa shape index (κ2) is 12.3. The molecular formula is C9H15NO2. The predicted octanol–water partition coefficient (Wildman–Crippen LogP) is 2.61. The van der Waals surface area contributed by atoms with Gasteiger partial charge in [0.15, 0.2) is 7.05 Å². The maximum absolute atomic E-state index is 8.81. The molecule has 0 radical (unpaired) electrons. The number of nitro groups is 1. The minimum absolute atomic E-state index is 0.500. The van der Waals surface area contributed by atoms with Crippen LogP contribution in [0.2, 0.25) is 0 Å². The Kier molecular flexibility index (Phi) is 13.6. The first kappa shape index (κ1) is 13.2. The standard InChI is InChI=1S/C6H6.C2H6.CH3NO2/c1-2-4-6-5-3-1;1-2;1-2(3)4/h1-6H;1-2H3;1H3. The molecule has 0 aliphatic rings. The van der Waals surface area contributed by atoms with Gasteiger partial charge >= 0.3 is 0 Å². The summed E-state index contributed by atoms with van der Waals surface area (Å²) in [6.45, 7) is 4.00. The Hall–Kier alpha value is -1.38. The molecule has 0 saturated heterocycles. The zero-order valence-corrected chi connectivity index (χ0v) is 7.73. The van der Waals surface area contributed by atoms with Crippen LogP contribution in [0, 0.1) is 10.1 Å². The third-order valence-corrected chi connectivity index (χ3v) is 0.667. The van der Waals surface area contributed by atoms with E-state index < -0.39 is 4.92 Å². The molecule has 0 N–H and O–H groups in total. The molecule has 68 valence electrons. The summed E-state index contributed by atoms with van der Waals surface area (Å²) in [7, 11) is 0.889. The molecule has 0 bridgehead atoms. The molecule has 0 aliphatic heterocycles. The van der Waals surface area contributed by atoms with Crippen LogP contribution in [0.15, 0.2) is 36.4 Å². The lowest BCUT2D eigenvalue weighted by Gasteiger charge is -1.69. The van der Waals surface area contributed by atoms with Crippen molar-refractivity contribution < 1.29 is 4.92 Å². The molecule has 0 amide bonds. The molecule has 0 fully saturated rings. The fraction of sp³-hybridized carbons (Fsp3) is 0.333. The van der Waals surface area contributed by atoms with Crippen molar-refractivity contribution in [1.29, 1.82) is 0 Å². The Morgan fingerprint density at radius 2 is 1.00 bits per heavy atom. The van der Waals surface area contributed by atoms with Gasteiger partial charge in [0, 0.05) is 4.92 Å². The van der Waals surface area contributed by atoms with E-state index in [0.717, 1.165) is 7.05 Å². The van der Waals surface area contributed by atoms with Gasteiger partial charge in [-0.1, -0.05) is 50.2 Å². The fourth-order valence-corrected chi connectivity index (χ4v) is 0.385. The van der Waals surface area contributed by atoms with E-state index in [4.69, 9.17) is 10.1 Å². The van der Waals surface area contributed by atoms with Gasteiger partial charge in [-0.15, -0.1) is 0 Å². The van der Waals surface area contributed by atoms with Crippen LogP contribution in [0.25, 0.3) is 0 Å². The second-order valence-electron chi connectivity index (χ2n) is 1.59. The molecule has 1 rings (SSSR count). The van der Waals surface area contributed by atoms with Crippen LogP contribution in [0.5, 0.6) is 0 Å². The number of benzene rings is 1. The van der Waals surface area contributed by atoms with E-state index in [1.165, 1.54) is 0 Å². The summed E-state index contributed by atoms with van der Waals surface area (Å²) in [6.07, 6.45) is 0. The van der Waals surface area contributed by atoms with Gasteiger partial charge in [0.2, 0.25) is 0 Å². The lowest BCUT2D eigenvalue weighted by Crippen LogP contribution is -1.79. The Labute approximate surface area is 73.2 Å². The monoisotopic (exact) mass is 169 g/mol. The molecule has 0 unspecified atom stereocenters. The molecule has 0 atom stereocenters. The molecule has 1 aromatic rings. The molecule has 3 nitrogen and oxygen atoms in total. The van der Waals surface area contributed by atoms with Crippen molar-refractivity contribution in [3.63, 3.8) is 0 Å². The summed E-state index contributed by atoms with van der Waals surface area (Å²) >= 11 is 0. The zero-order valence-electron chi connectivity index (χ0n) is 7.73. The van der Waals surface area contributed by atoms with Crippen molar-refractivity contribution in [2.75, 3.05) is 7.05 Å². The Morgan fingerprint density at radius 3 is 1.08 bits per heavy atom. The minimum Gasteiger partial charge on any atom is -0.265 e. The van der Waals surface area contributed by atoms with E-state index in [2.05, 4.69) is 0 Å². The molecule has 3 heteroatoms. The summed E-state index contributed by atoms with van der Waals surface area (Å²) in [5.74, 6) is 0. The van der Waals surface area contributed by atoms with Crippen LogP contribution in [-0.4, -0.2) is 12.0 Å². The average Bonchev–Trinajstić information content (AvgIpc) is 2.10. The van der Waals surface area contributed by atoms with Crippen LogP contribution in [0.4, 0.5) is 0 Å². The van der Waals surface area contributed by atoms with Crippen molar-refractivity contribution in [2.24, 2.45) is 0 Å². The Bertz CT molecular complexity index is 144. The van der Waals surface area contributed by atoms with Gasteiger partial charge in [0.1, 0.15) is 0 Å². The molecule has 0 saturated carbocycles. The average molecular weight is 169 g/mol. The van der Waals surface area contributed by atoms with E-state index in [9.17, 15) is 0 Å². The summed E-state index contributed by atoms with van der Waals surface area (Å²) in [5, 5.41) is 8.81. The van der Waals surface area contributed by atoms with Gasteiger partial charge in [-0.2, -0.15) is 0 Å². The first-order valence-corrected chi connectivity index (χ1v) is 3.81. The molecule has 0 spiro atoms. The normalized spacial score (nSPS) is 6.58.